The standard InChI is InChI=1S/C26H29ClN2O4/c1-3-6-22-25(24(30)14-19-15-28-11-12-33-19)20-10-9-17(26(31)32-2)13-23(20)29(22)16-18-7-4-5-8-21(18)27/h4-5,7-10,13,19,28H,3,6,11-12,14-16H2,1-2H3. The number of carbonyl (C=O) groups is 2. The number of benzene rings is 2. The summed E-state index contributed by atoms with van der Waals surface area (Å²) in [6.45, 7) is 4.68. The van der Waals surface area contributed by atoms with Crippen molar-refractivity contribution >= 4 is 34.3 Å². The second-order valence-electron chi connectivity index (χ2n) is 8.30. The molecule has 0 bridgehead atoms. The Kier molecular flexibility index (Phi) is 7.48. The monoisotopic (exact) mass is 468 g/mol. The molecule has 1 aromatic heterocycles. The van der Waals surface area contributed by atoms with Crippen LogP contribution >= 0.6 is 11.6 Å². The van der Waals surface area contributed by atoms with E-state index in [4.69, 9.17) is 21.1 Å². The van der Waals surface area contributed by atoms with Crippen molar-refractivity contribution in [1.82, 2.24) is 9.88 Å². The van der Waals surface area contributed by atoms with Crippen LogP contribution in [-0.4, -0.2) is 49.2 Å². The van der Waals surface area contributed by atoms with Crippen LogP contribution < -0.4 is 5.32 Å². The van der Waals surface area contributed by atoms with Gasteiger partial charge in [0.1, 0.15) is 0 Å². The highest BCUT2D eigenvalue weighted by molar-refractivity contribution is 6.31. The summed E-state index contributed by atoms with van der Waals surface area (Å²) >= 11 is 6.48. The quantitative estimate of drug-likeness (QED) is 0.385. The van der Waals surface area contributed by atoms with E-state index in [1.165, 1.54) is 7.11 Å². The Morgan fingerprint density at radius 3 is 2.76 bits per heavy atom. The van der Waals surface area contributed by atoms with Crippen LogP contribution in [0, 0.1) is 0 Å². The van der Waals surface area contributed by atoms with Crippen LogP contribution in [0.25, 0.3) is 10.9 Å². The van der Waals surface area contributed by atoms with Gasteiger partial charge in [-0.25, -0.2) is 4.79 Å². The fraction of sp³-hybridized carbons (Fsp3) is 0.385. The summed E-state index contributed by atoms with van der Waals surface area (Å²) in [6.07, 6.45) is 1.78. The first-order chi connectivity index (χ1) is 16.0. The molecule has 1 saturated heterocycles. The Bertz CT molecular complexity index is 1160. The molecule has 33 heavy (non-hydrogen) atoms. The fourth-order valence-corrected chi connectivity index (χ4v) is 4.69. The Morgan fingerprint density at radius 1 is 1.24 bits per heavy atom. The molecule has 6 nitrogen and oxygen atoms in total. The molecule has 4 rings (SSSR count). The molecule has 1 atom stereocenters. The number of esters is 1. The highest BCUT2D eigenvalue weighted by Crippen LogP contribution is 2.32. The van der Waals surface area contributed by atoms with Gasteiger partial charge in [-0.15, -0.1) is 0 Å². The topological polar surface area (TPSA) is 69.6 Å². The molecule has 1 N–H and O–H groups in total. The zero-order valence-corrected chi connectivity index (χ0v) is 19.8. The summed E-state index contributed by atoms with van der Waals surface area (Å²) in [5.41, 5.74) is 3.90. The van der Waals surface area contributed by atoms with Crippen molar-refractivity contribution in [3.63, 3.8) is 0 Å². The lowest BCUT2D eigenvalue weighted by molar-refractivity contribution is 0.0240. The van der Waals surface area contributed by atoms with Gasteiger partial charge in [-0.05, 0) is 30.2 Å². The highest BCUT2D eigenvalue weighted by Gasteiger charge is 2.26. The molecule has 0 aliphatic carbocycles. The minimum absolute atomic E-state index is 0.0564. The number of methoxy groups -OCH3 is 1. The normalized spacial score (nSPS) is 16.2. The molecule has 1 aliphatic rings. The number of halogens is 1. The molecule has 2 heterocycles. The van der Waals surface area contributed by atoms with E-state index in [9.17, 15) is 9.59 Å². The molecule has 1 aliphatic heterocycles. The van der Waals surface area contributed by atoms with E-state index in [-0.39, 0.29) is 11.9 Å². The van der Waals surface area contributed by atoms with E-state index in [0.29, 0.717) is 42.3 Å². The van der Waals surface area contributed by atoms with E-state index in [1.807, 2.05) is 36.4 Å². The molecule has 0 spiro atoms. The lowest BCUT2D eigenvalue weighted by Gasteiger charge is -2.23. The number of morpholine rings is 1. The third-order valence-electron chi connectivity index (χ3n) is 6.06. The van der Waals surface area contributed by atoms with Gasteiger partial charge >= 0.3 is 5.97 Å². The summed E-state index contributed by atoms with van der Waals surface area (Å²) in [5, 5.41) is 4.80. The molecule has 174 valence electrons. The number of ether oxygens (including phenoxy) is 2. The van der Waals surface area contributed by atoms with Crippen LogP contribution in [0.15, 0.2) is 42.5 Å². The van der Waals surface area contributed by atoms with Gasteiger partial charge < -0.3 is 19.4 Å². The van der Waals surface area contributed by atoms with Crippen LogP contribution in [0.1, 0.15) is 51.7 Å². The number of aromatic nitrogens is 1. The molecule has 3 aromatic rings. The Hall–Kier alpha value is -2.67. The van der Waals surface area contributed by atoms with Crippen molar-refractivity contribution in [2.75, 3.05) is 26.8 Å². The smallest absolute Gasteiger partial charge is 0.337 e. The zero-order chi connectivity index (χ0) is 23.4. The number of rotatable bonds is 8. The van der Waals surface area contributed by atoms with E-state index in [2.05, 4.69) is 16.8 Å². The predicted molar refractivity (Wildman–Crippen MR) is 129 cm³/mol. The SMILES string of the molecule is CCCc1c(C(=O)CC2CNCCO2)c2ccc(C(=O)OC)cc2n1Cc1ccccc1Cl. The molecule has 0 amide bonds. The number of ketones is 1. The average Bonchev–Trinajstić information content (AvgIpc) is 3.13. The third kappa shape index (κ3) is 4.98. The first-order valence-corrected chi connectivity index (χ1v) is 11.7. The summed E-state index contributed by atoms with van der Waals surface area (Å²) in [7, 11) is 1.37. The number of carbonyl (C=O) groups excluding carboxylic acids is 2. The van der Waals surface area contributed by atoms with Gasteiger partial charge in [0.05, 0.1) is 30.9 Å². The first-order valence-electron chi connectivity index (χ1n) is 11.4. The number of hydrogen-bond acceptors (Lipinski definition) is 5. The number of Topliss-reactive ketones (excluding diaryl/α,β-unsaturated/α-hetero) is 1. The molecular weight excluding hydrogens is 440 g/mol. The summed E-state index contributed by atoms with van der Waals surface area (Å²) in [4.78, 5) is 25.8. The van der Waals surface area contributed by atoms with Gasteiger partial charge in [0.25, 0.3) is 0 Å². The van der Waals surface area contributed by atoms with Crippen LogP contribution in [0.5, 0.6) is 0 Å². The molecule has 1 unspecified atom stereocenters. The average molecular weight is 469 g/mol. The van der Waals surface area contributed by atoms with Crippen LogP contribution in [0.3, 0.4) is 0 Å². The Labute approximate surface area is 198 Å². The maximum absolute atomic E-state index is 13.6. The van der Waals surface area contributed by atoms with Crippen molar-refractivity contribution in [2.45, 2.75) is 38.8 Å². The number of nitrogens with zero attached hydrogens (tertiary/aromatic N) is 1. The van der Waals surface area contributed by atoms with Crippen molar-refractivity contribution in [3.05, 3.63) is 69.9 Å². The minimum Gasteiger partial charge on any atom is -0.465 e. The lowest BCUT2D eigenvalue weighted by Crippen LogP contribution is -2.39. The molecule has 7 heteroatoms. The van der Waals surface area contributed by atoms with Crippen molar-refractivity contribution in [2.24, 2.45) is 0 Å². The number of hydrogen-bond donors (Lipinski definition) is 1. The Balaban J connectivity index is 1.86. The van der Waals surface area contributed by atoms with Crippen LogP contribution in [-0.2, 0) is 22.4 Å². The first kappa shape index (κ1) is 23.5. The van der Waals surface area contributed by atoms with Gasteiger partial charge in [-0.2, -0.15) is 0 Å². The number of nitrogens with one attached hydrogen (secondary N) is 1. The molecule has 0 saturated carbocycles. The third-order valence-corrected chi connectivity index (χ3v) is 6.43. The second kappa shape index (κ2) is 10.5. The minimum atomic E-state index is -0.408. The molecule has 2 aromatic carbocycles. The number of fused-ring (bicyclic) bond motifs is 1. The van der Waals surface area contributed by atoms with Gasteiger partial charge in [0.15, 0.2) is 5.78 Å². The summed E-state index contributed by atoms with van der Waals surface area (Å²) < 4.78 is 12.9. The maximum Gasteiger partial charge on any atom is 0.337 e. The lowest BCUT2D eigenvalue weighted by atomic mass is 9.99. The summed E-state index contributed by atoms with van der Waals surface area (Å²) in [5.74, 6) is -0.352. The van der Waals surface area contributed by atoms with Gasteiger partial charge in [-0.3, -0.25) is 4.79 Å². The maximum atomic E-state index is 13.6. The molecule has 1 fully saturated rings. The second-order valence-corrected chi connectivity index (χ2v) is 8.70. The van der Waals surface area contributed by atoms with E-state index in [0.717, 1.165) is 41.5 Å². The largest absolute Gasteiger partial charge is 0.465 e. The predicted octanol–water partition coefficient (Wildman–Crippen LogP) is 4.64. The van der Waals surface area contributed by atoms with Gasteiger partial charge in [0.2, 0.25) is 0 Å². The van der Waals surface area contributed by atoms with Crippen molar-refractivity contribution in [3.8, 4) is 0 Å². The highest BCUT2D eigenvalue weighted by atomic mass is 35.5. The van der Waals surface area contributed by atoms with E-state index < -0.39 is 5.97 Å². The zero-order valence-electron chi connectivity index (χ0n) is 19.0. The fourth-order valence-electron chi connectivity index (χ4n) is 4.49. The van der Waals surface area contributed by atoms with E-state index >= 15 is 0 Å². The van der Waals surface area contributed by atoms with Crippen LogP contribution in [0.4, 0.5) is 0 Å². The summed E-state index contributed by atoms with van der Waals surface area (Å²) in [6, 6.07) is 13.1. The van der Waals surface area contributed by atoms with Gasteiger partial charge in [0, 0.05) is 47.7 Å². The van der Waals surface area contributed by atoms with Crippen LogP contribution in [0.2, 0.25) is 5.02 Å². The molecular formula is C26H29ClN2O4. The van der Waals surface area contributed by atoms with Crippen molar-refractivity contribution < 1.29 is 19.1 Å². The Morgan fingerprint density at radius 2 is 2.06 bits per heavy atom. The van der Waals surface area contributed by atoms with Crippen molar-refractivity contribution in [1.29, 1.82) is 0 Å². The van der Waals surface area contributed by atoms with Gasteiger partial charge in [-0.1, -0.05) is 49.2 Å². The molecule has 0 radical (unpaired) electrons. The van der Waals surface area contributed by atoms with E-state index in [1.54, 1.807) is 6.07 Å².